The summed E-state index contributed by atoms with van der Waals surface area (Å²) in [6.45, 7) is 2.35. The highest BCUT2D eigenvalue weighted by Gasteiger charge is 2.16. The lowest BCUT2D eigenvalue weighted by molar-refractivity contribution is 0.340. The van der Waals surface area contributed by atoms with Crippen molar-refractivity contribution in [2.75, 3.05) is 11.3 Å². The topological polar surface area (TPSA) is 55.4 Å². The fourth-order valence-electron chi connectivity index (χ4n) is 1.71. The number of rotatable bonds is 5. The van der Waals surface area contributed by atoms with Crippen molar-refractivity contribution in [2.24, 2.45) is 0 Å². The zero-order chi connectivity index (χ0) is 15.5. The Morgan fingerprint density at radius 2 is 1.76 bits per heavy atom. The maximum atomic E-state index is 12.3. The molecule has 0 spiro atoms. The molecule has 0 saturated carbocycles. The molecule has 0 atom stereocenters. The van der Waals surface area contributed by atoms with Crippen molar-refractivity contribution in [1.82, 2.24) is 0 Å². The normalized spacial score (nSPS) is 11.2. The number of ether oxygens (including phenoxy) is 1. The maximum Gasteiger partial charge on any atom is 0.261 e. The van der Waals surface area contributed by atoms with Gasteiger partial charge in [0.05, 0.1) is 17.2 Å². The van der Waals surface area contributed by atoms with Gasteiger partial charge in [-0.3, -0.25) is 4.72 Å². The quantitative estimate of drug-likeness (QED) is 0.883. The van der Waals surface area contributed by atoms with E-state index in [4.69, 9.17) is 27.9 Å². The van der Waals surface area contributed by atoms with E-state index in [2.05, 4.69) is 4.72 Å². The molecule has 0 radical (unpaired) electrons. The molecule has 0 amide bonds. The summed E-state index contributed by atoms with van der Waals surface area (Å²) >= 11 is 11.7. The van der Waals surface area contributed by atoms with Crippen molar-refractivity contribution >= 4 is 38.9 Å². The van der Waals surface area contributed by atoms with E-state index in [1.165, 1.54) is 18.2 Å². The van der Waals surface area contributed by atoms with Gasteiger partial charge in [0.2, 0.25) is 0 Å². The third kappa shape index (κ3) is 4.27. The molecule has 112 valence electrons. The van der Waals surface area contributed by atoms with Gasteiger partial charge in [-0.05, 0) is 37.3 Å². The van der Waals surface area contributed by atoms with E-state index in [1.807, 2.05) is 6.92 Å². The smallest absolute Gasteiger partial charge is 0.261 e. The number of halogens is 2. The van der Waals surface area contributed by atoms with Gasteiger partial charge in [-0.2, -0.15) is 0 Å². The average Bonchev–Trinajstić information content (AvgIpc) is 2.38. The van der Waals surface area contributed by atoms with E-state index in [-0.39, 0.29) is 14.9 Å². The Hall–Kier alpha value is -1.43. The standard InChI is InChI=1S/C14H13Cl2NO3S/c1-2-20-13-5-3-4-12(9-13)17-21(18,19)14-7-10(15)6-11(16)8-14/h3-9,17H,2H2,1H3. The van der Waals surface area contributed by atoms with Crippen molar-refractivity contribution in [3.8, 4) is 5.75 Å². The SMILES string of the molecule is CCOc1cccc(NS(=O)(=O)c2cc(Cl)cc(Cl)c2)c1. The highest BCUT2D eigenvalue weighted by Crippen LogP contribution is 2.25. The average molecular weight is 346 g/mol. The van der Waals surface area contributed by atoms with Crippen molar-refractivity contribution in [1.29, 1.82) is 0 Å². The van der Waals surface area contributed by atoms with E-state index < -0.39 is 10.0 Å². The van der Waals surface area contributed by atoms with E-state index in [9.17, 15) is 8.42 Å². The number of hydrogen-bond donors (Lipinski definition) is 1. The molecule has 0 saturated heterocycles. The van der Waals surface area contributed by atoms with Crippen LogP contribution in [0.1, 0.15) is 6.92 Å². The van der Waals surface area contributed by atoms with E-state index in [0.29, 0.717) is 18.0 Å². The Morgan fingerprint density at radius 1 is 1.10 bits per heavy atom. The van der Waals surface area contributed by atoms with Crippen LogP contribution in [0.2, 0.25) is 10.0 Å². The molecule has 2 rings (SSSR count). The summed E-state index contributed by atoms with van der Waals surface area (Å²) in [6.07, 6.45) is 0. The number of nitrogens with one attached hydrogen (secondary N) is 1. The van der Waals surface area contributed by atoms with Gasteiger partial charge in [-0.1, -0.05) is 29.3 Å². The minimum absolute atomic E-state index is 0.00168. The second-order valence-electron chi connectivity index (χ2n) is 4.17. The first-order chi connectivity index (χ1) is 9.90. The molecular weight excluding hydrogens is 333 g/mol. The molecule has 0 aliphatic rings. The molecule has 0 fully saturated rings. The molecule has 0 aromatic heterocycles. The second-order valence-corrected chi connectivity index (χ2v) is 6.73. The van der Waals surface area contributed by atoms with Gasteiger partial charge in [-0.15, -0.1) is 0 Å². The predicted molar refractivity (Wildman–Crippen MR) is 84.9 cm³/mol. The van der Waals surface area contributed by atoms with Gasteiger partial charge >= 0.3 is 0 Å². The van der Waals surface area contributed by atoms with Crippen LogP contribution in [0.4, 0.5) is 5.69 Å². The Labute approximate surface area is 133 Å². The Morgan fingerprint density at radius 3 is 2.38 bits per heavy atom. The van der Waals surface area contributed by atoms with Gasteiger partial charge in [0.15, 0.2) is 0 Å². The lowest BCUT2D eigenvalue weighted by atomic mass is 10.3. The fourth-order valence-corrected chi connectivity index (χ4v) is 3.49. The Kier molecular flexibility index (Phi) is 4.98. The zero-order valence-corrected chi connectivity index (χ0v) is 13.5. The first kappa shape index (κ1) is 15.9. The largest absolute Gasteiger partial charge is 0.494 e. The van der Waals surface area contributed by atoms with Crippen LogP contribution >= 0.6 is 23.2 Å². The summed E-state index contributed by atoms with van der Waals surface area (Å²) in [7, 11) is -3.76. The summed E-state index contributed by atoms with van der Waals surface area (Å²) in [4.78, 5) is 0.00168. The second kappa shape index (κ2) is 6.56. The lowest BCUT2D eigenvalue weighted by Crippen LogP contribution is -2.13. The van der Waals surface area contributed by atoms with Gasteiger partial charge < -0.3 is 4.74 Å². The molecule has 4 nitrogen and oxygen atoms in total. The molecule has 0 bridgehead atoms. The molecular formula is C14H13Cl2NO3S. The summed E-state index contributed by atoms with van der Waals surface area (Å²) < 4.78 is 32.4. The molecule has 2 aromatic carbocycles. The van der Waals surface area contributed by atoms with Crippen LogP contribution in [-0.2, 0) is 10.0 Å². The van der Waals surface area contributed by atoms with Crippen molar-refractivity contribution in [2.45, 2.75) is 11.8 Å². The highest BCUT2D eigenvalue weighted by atomic mass is 35.5. The highest BCUT2D eigenvalue weighted by molar-refractivity contribution is 7.92. The van der Waals surface area contributed by atoms with E-state index in [1.54, 1.807) is 24.3 Å². The molecule has 0 heterocycles. The molecule has 2 aromatic rings. The molecule has 0 aliphatic heterocycles. The number of benzene rings is 2. The third-order valence-corrected chi connectivity index (χ3v) is 4.34. The number of hydrogen-bond acceptors (Lipinski definition) is 3. The maximum absolute atomic E-state index is 12.3. The van der Waals surface area contributed by atoms with Gasteiger partial charge in [0.1, 0.15) is 5.75 Å². The summed E-state index contributed by atoms with van der Waals surface area (Å²) in [5.74, 6) is 0.585. The van der Waals surface area contributed by atoms with Gasteiger partial charge in [0.25, 0.3) is 10.0 Å². The fraction of sp³-hybridized carbons (Fsp3) is 0.143. The van der Waals surface area contributed by atoms with Gasteiger partial charge in [0, 0.05) is 16.1 Å². The van der Waals surface area contributed by atoms with Crippen LogP contribution in [0.5, 0.6) is 5.75 Å². The minimum atomic E-state index is -3.76. The molecule has 0 aliphatic carbocycles. The van der Waals surface area contributed by atoms with E-state index >= 15 is 0 Å². The summed E-state index contributed by atoms with van der Waals surface area (Å²) in [6, 6.07) is 10.8. The van der Waals surface area contributed by atoms with Crippen LogP contribution in [0.15, 0.2) is 47.4 Å². The van der Waals surface area contributed by atoms with Crippen LogP contribution in [0.3, 0.4) is 0 Å². The van der Waals surface area contributed by atoms with Gasteiger partial charge in [-0.25, -0.2) is 8.42 Å². The van der Waals surface area contributed by atoms with Crippen molar-refractivity contribution in [3.63, 3.8) is 0 Å². The minimum Gasteiger partial charge on any atom is -0.494 e. The molecule has 7 heteroatoms. The molecule has 21 heavy (non-hydrogen) atoms. The molecule has 0 unspecified atom stereocenters. The van der Waals surface area contributed by atoms with E-state index in [0.717, 1.165) is 0 Å². The first-order valence-corrected chi connectivity index (χ1v) is 8.36. The van der Waals surface area contributed by atoms with Crippen molar-refractivity contribution < 1.29 is 13.2 Å². The Bertz CT molecular complexity index is 727. The first-order valence-electron chi connectivity index (χ1n) is 6.12. The summed E-state index contributed by atoms with van der Waals surface area (Å²) in [5, 5.41) is 0.511. The van der Waals surface area contributed by atoms with Crippen LogP contribution in [0.25, 0.3) is 0 Å². The third-order valence-electron chi connectivity index (χ3n) is 2.54. The number of anilines is 1. The Balaban J connectivity index is 2.30. The monoisotopic (exact) mass is 345 g/mol. The number of sulfonamides is 1. The van der Waals surface area contributed by atoms with Crippen molar-refractivity contribution in [3.05, 3.63) is 52.5 Å². The zero-order valence-electron chi connectivity index (χ0n) is 11.1. The summed E-state index contributed by atoms with van der Waals surface area (Å²) in [5.41, 5.74) is 0.400. The van der Waals surface area contributed by atoms with Crippen LogP contribution in [0, 0.1) is 0 Å². The predicted octanol–water partition coefficient (Wildman–Crippen LogP) is 4.19. The van der Waals surface area contributed by atoms with Crippen LogP contribution in [-0.4, -0.2) is 15.0 Å². The van der Waals surface area contributed by atoms with Crippen LogP contribution < -0.4 is 9.46 Å². The lowest BCUT2D eigenvalue weighted by Gasteiger charge is -2.10. The molecule has 1 N–H and O–H groups in total.